The van der Waals surface area contributed by atoms with Gasteiger partial charge in [-0.3, -0.25) is 9.59 Å². The normalized spacial score (nSPS) is 13.5. The van der Waals surface area contributed by atoms with E-state index >= 15 is 0 Å². The zero-order chi connectivity index (χ0) is 19.1. The van der Waals surface area contributed by atoms with E-state index in [1.807, 2.05) is 13.0 Å². The quantitative estimate of drug-likeness (QED) is 0.262. The van der Waals surface area contributed by atoms with Crippen LogP contribution in [-0.2, 0) is 14.4 Å². The van der Waals surface area contributed by atoms with E-state index in [1.54, 1.807) is 6.08 Å². The van der Waals surface area contributed by atoms with Crippen molar-refractivity contribution in [2.45, 2.75) is 39.0 Å². The summed E-state index contributed by atoms with van der Waals surface area (Å²) in [5, 5.41) is 31.7. The van der Waals surface area contributed by atoms with E-state index in [0.29, 0.717) is 6.54 Å². The number of nitrogens with one attached hydrogen (secondary N) is 1. The van der Waals surface area contributed by atoms with Crippen LogP contribution < -0.4 is 10.4 Å². The lowest BCUT2D eigenvalue weighted by molar-refractivity contribution is -0.926. The van der Waals surface area contributed by atoms with Crippen LogP contribution in [0.3, 0.4) is 0 Å². The molecule has 0 aliphatic rings. The molecule has 0 aliphatic heterocycles. The number of hydrogen-bond donors (Lipinski definition) is 3. The third-order valence-corrected chi connectivity index (χ3v) is 4.00. The van der Waals surface area contributed by atoms with Crippen LogP contribution in [0, 0.1) is 0 Å². The van der Waals surface area contributed by atoms with E-state index in [-0.39, 0.29) is 62.4 Å². The van der Waals surface area contributed by atoms with Gasteiger partial charge in [0.05, 0.1) is 39.2 Å². The molecule has 1 amide bonds. The topological polar surface area (TPSA) is 127 Å². The van der Waals surface area contributed by atoms with Crippen LogP contribution in [0.1, 0.15) is 39.0 Å². The van der Waals surface area contributed by atoms with Crippen molar-refractivity contribution in [1.29, 1.82) is 0 Å². The number of rotatable bonds is 15. The Kier molecular flexibility index (Phi) is 12.3. The number of carbonyl (C=O) groups is 3. The highest BCUT2D eigenvalue weighted by atomic mass is 16.4. The number of nitrogens with zero attached hydrogens (tertiary/aromatic N) is 1. The van der Waals surface area contributed by atoms with Crippen molar-refractivity contribution < 1.29 is 34.2 Å². The Labute approximate surface area is 148 Å². The van der Waals surface area contributed by atoms with Gasteiger partial charge in [-0.1, -0.05) is 25.5 Å². The molecule has 1 unspecified atom stereocenters. The van der Waals surface area contributed by atoms with Gasteiger partial charge >= 0.3 is 5.97 Å². The highest BCUT2D eigenvalue weighted by Crippen LogP contribution is 2.10. The molecule has 0 fully saturated rings. The van der Waals surface area contributed by atoms with Gasteiger partial charge in [0, 0.05) is 18.8 Å². The van der Waals surface area contributed by atoms with Crippen molar-refractivity contribution in [1.82, 2.24) is 5.32 Å². The second-order valence-electron chi connectivity index (χ2n) is 6.04. The zero-order valence-corrected chi connectivity index (χ0v) is 14.9. The molecular formula is C17H30N2O6. The molecule has 0 radical (unpaired) electrons. The van der Waals surface area contributed by atoms with Crippen LogP contribution in [0.2, 0.25) is 0 Å². The minimum Gasteiger partial charge on any atom is -0.550 e. The fourth-order valence-electron chi connectivity index (χ4n) is 2.52. The first-order valence-corrected chi connectivity index (χ1v) is 8.64. The number of hydrogen-bond acceptors (Lipinski definition) is 5. The summed E-state index contributed by atoms with van der Waals surface area (Å²) in [6, 6.07) is 0. The highest BCUT2D eigenvalue weighted by Gasteiger charge is 2.27. The maximum Gasteiger partial charge on any atom is 0.309 e. The summed E-state index contributed by atoms with van der Waals surface area (Å²) in [6.07, 6.45) is 5.58. The van der Waals surface area contributed by atoms with Gasteiger partial charge in [0.15, 0.2) is 0 Å². The van der Waals surface area contributed by atoms with Gasteiger partial charge < -0.3 is 29.9 Å². The fraction of sp³-hybridized carbons (Fsp3) is 0.706. The van der Waals surface area contributed by atoms with Gasteiger partial charge in [0.2, 0.25) is 5.91 Å². The average Bonchev–Trinajstić information content (AvgIpc) is 2.55. The molecule has 8 heteroatoms. The van der Waals surface area contributed by atoms with E-state index in [4.69, 9.17) is 5.11 Å². The number of allylic oxidation sites excluding steroid dienone is 1. The maximum absolute atomic E-state index is 11.8. The molecule has 0 heterocycles. The summed E-state index contributed by atoms with van der Waals surface area (Å²) in [5.41, 5.74) is 0. The molecule has 1 atom stereocenters. The largest absolute Gasteiger partial charge is 0.550 e. The molecule has 0 aromatic heterocycles. The summed E-state index contributed by atoms with van der Waals surface area (Å²) < 4.78 is 0.114. The molecule has 25 heavy (non-hydrogen) atoms. The molecule has 8 nitrogen and oxygen atoms in total. The van der Waals surface area contributed by atoms with Crippen molar-refractivity contribution in [3.8, 4) is 0 Å². The fourth-order valence-corrected chi connectivity index (χ4v) is 2.52. The van der Waals surface area contributed by atoms with Gasteiger partial charge in [0.25, 0.3) is 0 Å². The lowest BCUT2D eigenvalue weighted by Gasteiger charge is -2.38. The smallest absolute Gasteiger partial charge is 0.309 e. The van der Waals surface area contributed by atoms with Gasteiger partial charge in [-0.2, -0.15) is 0 Å². The molecule has 0 aliphatic carbocycles. The van der Waals surface area contributed by atoms with Gasteiger partial charge in [-0.15, -0.1) is 0 Å². The summed E-state index contributed by atoms with van der Waals surface area (Å²) in [4.78, 5) is 33.4. The lowest BCUT2D eigenvalue weighted by Crippen LogP contribution is -2.55. The molecule has 144 valence electrons. The standard InChI is InChI=1S/C17H30N2O6/c1-2-3-4-5-6-15(21)18-9-12-19(13-14-20,10-7-16(22)23)11-8-17(24)25/h4-5,20H,2-3,6-14H2,1H3,(H2-,18,21,22,23,24,25)/b5-4+. The minimum atomic E-state index is -1.22. The average molecular weight is 358 g/mol. The number of aliphatic hydroxyl groups excluding tert-OH is 1. The van der Waals surface area contributed by atoms with Crippen molar-refractivity contribution in [3.05, 3.63) is 12.2 Å². The van der Waals surface area contributed by atoms with Crippen molar-refractivity contribution in [2.75, 3.05) is 39.3 Å². The van der Waals surface area contributed by atoms with Crippen LogP contribution in [0.5, 0.6) is 0 Å². The van der Waals surface area contributed by atoms with Crippen LogP contribution in [0.4, 0.5) is 0 Å². The molecule has 0 bridgehead atoms. The molecular weight excluding hydrogens is 328 g/mol. The first-order valence-electron chi connectivity index (χ1n) is 8.64. The van der Waals surface area contributed by atoms with E-state index in [1.165, 1.54) is 0 Å². The number of amides is 1. The van der Waals surface area contributed by atoms with Crippen molar-refractivity contribution in [2.24, 2.45) is 0 Å². The Morgan fingerprint density at radius 3 is 2.32 bits per heavy atom. The summed E-state index contributed by atoms with van der Waals surface area (Å²) in [6.45, 7) is 3.07. The van der Waals surface area contributed by atoms with Crippen LogP contribution in [-0.4, -0.2) is 71.9 Å². The molecule has 0 aromatic rings. The molecule has 3 N–H and O–H groups in total. The predicted octanol–water partition coefficient (Wildman–Crippen LogP) is -0.727. The second-order valence-corrected chi connectivity index (χ2v) is 6.04. The maximum atomic E-state index is 11.8. The number of aliphatic hydroxyl groups is 1. The molecule has 0 saturated carbocycles. The number of carbonyl (C=O) groups excluding carboxylic acids is 2. The van der Waals surface area contributed by atoms with Gasteiger partial charge in [-0.25, -0.2) is 0 Å². The summed E-state index contributed by atoms with van der Waals surface area (Å²) in [7, 11) is 0. The van der Waals surface area contributed by atoms with Crippen molar-refractivity contribution in [3.63, 3.8) is 0 Å². The van der Waals surface area contributed by atoms with Crippen LogP contribution >= 0.6 is 0 Å². The number of unbranched alkanes of at least 4 members (excludes halogenated alkanes) is 1. The van der Waals surface area contributed by atoms with E-state index in [9.17, 15) is 24.6 Å². The monoisotopic (exact) mass is 358 g/mol. The Morgan fingerprint density at radius 2 is 1.76 bits per heavy atom. The number of carboxylic acid groups (broad SMARTS) is 2. The van der Waals surface area contributed by atoms with Crippen molar-refractivity contribution >= 4 is 17.8 Å². The van der Waals surface area contributed by atoms with Crippen LogP contribution in [0.15, 0.2) is 12.2 Å². The first kappa shape index (κ1) is 23.1. The van der Waals surface area contributed by atoms with E-state index in [2.05, 4.69) is 5.32 Å². The highest BCUT2D eigenvalue weighted by molar-refractivity contribution is 5.77. The third kappa shape index (κ3) is 12.1. The summed E-state index contributed by atoms with van der Waals surface area (Å²) >= 11 is 0. The third-order valence-electron chi connectivity index (χ3n) is 4.00. The zero-order valence-electron chi connectivity index (χ0n) is 14.9. The van der Waals surface area contributed by atoms with E-state index < -0.39 is 11.9 Å². The lowest BCUT2D eigenvalue weighted by atomic mass is 10.2. The van der Waals surface area contributed by atoms with E-state index in [0.717, 1.165) is 12.8 Å². The Hall–Kier alpha value is -1.93. The number of carboxylic acids is 2. The molecule has 0 saturated heterocycles. The number of aliphatic carboxylic acids is 2. The number of quaternary nitrogens is 1. The Balaban J connectivity index is 4.64. The molecule has 0 rings (SSSR count). The Bertz CT molecular complexity index is 432. The summed E-state index contributed by atoms with van der Waals surface area (Å²) in [5.74, 6) is -2.35. The second kappa shape index (κ2) is 13.4. The Morgan fingerprint density at radius 1 is 1.08 bits per heavy atom. The van der Waals surface area contributed by atoms with Gasteiger partial charge in [-0.05, 0) is 6.42 Å². The first-order chi connectivity index (χ1) is 11.8. The minimum absolute atomic E-state index is 0.114. The molecule has 0 aromatic carbocycles. The van der Waals surface area contributed by atoms with Crippen LogP contribution in [0.25, 0.3) is 0 Å². The molecule has 0 spiro atoms. The predicted molar refractivity (Wildman–Crippen MR) is 90.4 cm³/mol. The van der Waals surface area contributed by atoms with Gasteiger partial charge in [0.1, 0.15) is 6.54 Å². The SMILES string of the molecule is CCC/C=C/CC(=O)NCC[N+](CCO)(CCC(=O)[O-])CCC(=O)O.